The summed E-state index contributed by atoms with van der Waals surface area (Å²) in [6.45, 7) is 4.22. The molecule has 2 aliphatic rings. The van der Waals surface area contributed by atoms with Crippen LogP contribution in [-0.2, 0) is 11.3 Å². The van der Waals surface area contributed by atoms with Crippen LogP contribution in [0, 0.1) is 0 Å². The van der Waals surface area contributed by atoms with Gasteiger partial charge in [-0.15, -0.1) is 0 Å². The fourth-order valence-corrected chi connectivity index (χ4v) is 4.64. The maximum atomic E-state index is 6.08. The molecular weight excluding hydrogens is 390 g/mol. The van der Waals surface area contributed by atoms with Crippen LogP contribution in [0.15, 0.2) is 29.0 Å². The van der Waals surface area contributed by atoms with Gasteiger partial charge in [-0.05, 0) is 35.3 Å². The van der Waals surface area contributed by atoms with Gasteiger partial charge in [-0.2, -0.15) is 11.8 Å². The van der Waals surface area contributed by atoms with E-state index < -0.39 is 0 Å². The van der Waals surface area contributed by atoms with Crippen molar-refractivity contribution in [1.29, 1.82) is 0 Å². The number of hydrogen-bond acceptors (Lipinski definition) is 10. The number of nitrogens with zero attached hydrogens (tertiary/aromatic N) is 7. The summed E-state index contributed by atoms with van der Waals surface area (Å²) in [5.74, 6) is 3.96. The van der Waals surface area contributed by atoms with E-state index in [1.54, 1.807) is 6.20 Å². The normalized spacial score (nSPS) is 18.5. The van der Waals surface area contributed by atoms with Crippen LogP contribution in [0.4, 0.5) is 11.6 Å². The average Bonchev–Trinajstić information content (AvgIpc) is 3.26. The van der Waals surface area contributed by atoms with Gasteiger partial charge in [-0.3, -0.25) is 4.98 Å². The number of anilines is 2. The zero-order chi connectivity index (χ0) is 19.5. The molecule has 0 saturated carbocycles. The molecule has 9 nitrogen and oxygen atoms in total. The number of thioether (sulfide) groups is 1. The molecule has 0 unspecified atom stereocenters. The van der Waals surface area contributed by atoms with Crippen LogP contribution in [0.1, 0.15) is 18.5 Å². The minimum Gasteiger partial charge on any atom is -0.372 e. The van der Waals surface area contributed by atoms with E-state index in [9.17, 15) is 0 Å². The quantitative estimate of drug-likeness (QED) is 0.619. The highest BCUT2D eigenvalue weighted by atomic mass is 32.2. The van der Waals surface area contributed by atoms with Crippen LogP contribution >= 0.6 is 11.8 Å². The van der Waals surface area contributed by atoms with Crippen molar-refractivity contribution in [2.24, 2.45) is 0 Å². The number of piperidine rings is 1. The largest absolute Gasteiger partial charge is 0.372 e. The Kier molecular flexibility index (Phi) is 5.44. The van der Waals surface area contributed by atoms with E-state index in [0.717, 1.165) is 67.9 Å². The first-order valence-electron chi connectivity index (χ1n) is 9.96. The molecular formula is C19H23N7O2S. The Morgan fingerprint density at radius 2 is 1.66 bits per heavy atom. The first kappa shape index (κ1) is 18.6. The summed E-state index contributed by atoms with van der Waals surface area (Å²) in [6.07, 6.45) is 3.92. The zero-order valence-electron chi connectivity index (χ0n) is 16.1. The van der Waals surface area contributed by atoms with Crippen molar-refractivity contribution in [3.63, 3.8) is 0 Å². The monoisotopic (exact) mass is 413 g/mol. The molecule has 3 aromatic heterocycles. The van der Waals surface area contributed by atoms with Gasteiger partial charge in [0.25, 0.3) is 0 Å². The van der Waals surface area contributed by atoms with E-state index in [0.29, 0.717) is 17.9 Å². The SMILES string of the molecule is c1ccc(COC2CCN(c3nc4nonc4nc3N3CCSCC3)CC2)nc1. The topological polar surface area (TPSA) is 93.3 Å². The maximum Gasteiger partial charge on any atom is 0.245 e. The molecule has 0 radical (unpaired) electrons. The highest BCUT2D eigenvalue weighted by Gasteiger charge is 2.27. The molecule has 10 heteroatoms. The van der Waals surface area contributed by atoms with E-state index in [1.807, 2.05) is 30.0 Å². The van der Waals surface area contributed by atoms with Crippen LogP contribution in [-0.4, -0.2) is 69.1 Å². The molecule has 0 bridgehead atoms. The van der Waals surface area contributed by atoms with E-state index >= 15 is 0 Å². The Morgan fingerprint density at radius 3 is 2.31 bits per heavy atom. The molecule has 3 aromatic rings. The van der Waals surface area contributed by atoms with Crippen LogP contribution in [0.2, 0.25) is 0 Å². The van der Waals surface area contributed by atoms with Crippen molar-refractivity contribution in [3.8, 4) is 0 Å². The molecule has 2 fully saturated rings. The molecule has 0 aliphatic carbocycles. The van der Waals surface area contributed by atoms with Crippen LogP contribution < -0.4 is 9.80 Å². The number of ether oxygens (including phenoxy) is 1. The molecule has 0 N–H and O–H groups in total. The molecule has 0 aromatic carbocycles. The second-order valence-electron chi connectivity index (χ2n) is 7.20. The molecule has 5 rings (SSSR count). The Balaban J connectivity index is 1.29. The number of hydrogen-bond donors (Lipinski definition) is 0. The lowest BCUT2D eigenvalue weighted by Gasteiger charge is -2.35. The van der Waals surface area contributed by atoms with Gasteiger partial charge in [0.1, 0.15) is 0 Å². The lowest BCUT2D eigenvalue weighted by atomic mass is 10.1. The molecule has 2 aliphatic heterocycles. The zero-order valence-corrected chi connectivity index (χ0v) is 16.9. The highest BCUT2D eigenvalue weighted by molar-refractivity contribution is 7.99. The van der Waals surface area contributed by atoms with Gasteiger partial charge >= 0.3 is 0 Å². The van der Waals surface area contributed by atoms with Crippen LogP contribution in [0.25, 0.3) is 11.3 Å². The standard InChI is InChI=1S/C19H23N7O2S/c1-2-6-20-14(3-1)13-27-15-4-7-25(8-5-15)18-19(26-9-11-29-12-10-26)22-17-16(21-18)23-28-24-17/h1-3,6,15H,4-5,7-13H2. The van der Waals surface area contributed by atoms with Gasteiger partial charge in [0.05, 0.1) is 18.4 Å². The van der Waals surface area contributed by atoms with Crippen molar-refractivity contribution >= 4 is 34.7 Å². The van der Waals surface area contributed by atoms with Crippen molar-refractivity contribution in [3.05, 3.63) is 30.1 Å². The van der Waals surface area contributed by atoms with Crippen LogP contribution in [0.3, 0.4) is 0 Å². The fraction of sp³-hybridized carbons (Fsp3) is 0.526. The lowest BCUT2D eigenvalue weighted by Crippen LogP contribution is -2.40. The smallest absolute Gasteiger partial charge is 0.245 e. The molecule has 2 saturated heterocycles. The minimum atomic E-state index is 0.230. The van der Waals surface area contributed by atoms with Crippen LogP contribution in [0.5, 0.6) is 0 Å². The van der Waals surface area contributed by atoms with E-state index in [2.05, 4.69) is 25.1 Å². The molecule has 5 heterocycles. The van der Waals surface area contributed by atoms with Gasteiger partial charge in [0.2, 0.25) is 11.3 Å². The summed E-state index contributed by atoms with van der Waals surface area (Å²) in [7, 11) is 0. The van der Waals surface area contributed by atoms with Crippen molar-refractivity contribution < 1.29 is 9.37 Å². The van der Waals surface area contributed by atoms with Crippen molar-refractivity contribution in [2.45, 2.75) is 25.6 Å². The Hall–Kier alpha value is -2.46. The fourth-order valence-electron chi connectivity index (χ4n) is 3.74. The lowest BCUT2D eigenvalue weighted by molar-refractivity contribution is 0.0234. The minimum absolute atomic E-state index is 0.230. The molecule has 29 heavy (non-hydrogen) atoms. The Labute approximate surface area is 172 Å². The third-order valence-corrected chi connectivity index (χ3v) is 6.27. The third kappa shape index (κ3) is 4.13. The predicted molar refractivity (Wildman–Crippen MR) is 111 cm³/mol. The summed E-state index contributed by atoms with van der Waals surface area (Å²) < 4.78 is 10.9. The molecule has 0 atom stereocenters. The second kappa shape index (κ2) is 8.50. The average molecular weight is 414 g/mol. The highest BCUT2D eigenvalue weighted by Crippen LogP contribution is 2.31. The Bertz CT molecular complexity index is 940. The number of rotatable bonds is 5. The molecule has 0 amide bonds. The van der Waals surface area contributed by atoms with E-state index in [1.165, 1.54) is 0 Å². The maximum absolute atomic E-state index is 6.08. The van der Waals surface area contributed by atoms with E-state index in [-0.39, 0.29) is 6.10 Å². The summed E-state index contributed by atoms with van der Waals surface area (Å²) in [6, 6.07) is 5.90. The van der Waals surface area contributed by atoms with Gasteiger partial charge < -0.3 is 14.5 Å². The van der Waals surface area contributed by atoms with Crippen molar-refractivity contribution in [1.82, 2.24) is 25.3 Å². The molecule has 152 valence electrons. The van der Waals surface area contributed by atoms with Gasteiger partial charge in [-0.1, -0.05) is 6.07 Å². The molecule has 0 spiro atoms. The number of aromatic nitrogens is 5. The van der Waals surface area contributed by atoms with Crippen molar-refractivity contribution in [2.75, 3.05) is 47.5 Å². The van der Waals surface area contributed by atoms with Gasteiger partial charge in [0, 0.05) is 43.9 Å². The van der Waals surface area contributed by atoms with Gasteiger partial charge in [-0.25, -0.2) is 14.6 Å². The first-order valence-corrected chi connectivity index (χ1v) is 11.1. The first-order chi connectivity index (χ1) is 14.4. The second-order valence-corrected chi connectivity index (χ2v) is 8.42. The predicted octanol–water partition coefficient (Wildman–Crippen LogP) is 2.15. The third-order valence-electron chi connectivity index (χ3n) is 5.32. The summed E-state index contributed by atoms with van der Waals surface area (Å²) in [5, 5.41) is 7.79. The van der Waals surface area contributed by atoms with Gasteiger partial charge in [0.15, 0.2) is 11.6 Å². The number of pyridine rings is 1. The Morgan fingerprint density at radius 1 is 0.966 bits per heavy atom. The number of fused-ring (bicyclic) bond motifs is 1. The van der Waals surface area contributed by atoms with E-state index in [4.69, 9.17) is 19.3 Å². The summed E-state index contributed by atoms with van der Waals surface area (Å²) in [4.78, 5) is 18.4. The summed E-state index contributed by atoms with van der Waals surface area (Å²) in [5.41, 5.74) is 1.90. The summed E-state index contributed by atoms with van der Waals surface area (Å²) >= 11 is 1.97.